The van der Waals surface area contributed by atoms with Gasteiger partial charge in [0.2, 0.25) is 11.9 Å². The van der Waals surface area contributed by atoms with Gasteiger partial charge < -0.3 is 15.1 Å². The third kappa shape index (κ3) is 4.86. The SMILES string of the molecule is Cc1cc(N(C)C)nc(N[C@H]2CC[C@@H](N(C(=O)C3CC3)c3ccc(Cl)cc3)CC2)n1. The summed E-state index contributed by atoms with van der Waals surface area (Å²) in [4.78, 5) is 26.3. The normalized spacial score (nSPS) is 21.2. The Bertz CT molecular complexity index is 889. The van der Waals surface area contributed by atoms with Gasteiger partial charge in [-0.1, -0.05) is 11.6 Å². The van der Waals surface area contributed by atoms with Crippen LogP contribution in [0.3, 0.4) is 0 Å². The zero-order chi connectivity index (χ0) is 21.3. The van der Waals surface area contributed by atoms with Crippen LogP contribution in [-0.2, 0) is 4.79 Å². The second kappa shape index (κ2) is 8.80. The predicted octanol–water partition coefficient (Wildman–Crippen LogP) is 4.67. The van der Waals surface area contributed by atoms with E-state index < -0.39 is 0 Å². The molecule has 1 aromatic carbocycles. The van der Waals surface area contributed by atoms with Crippen LogP contribution in [0.5, 0.6) is 0 Å². The monoisotopic (exact) mass is 427 g/mol. The largest absolute Gasteiger partial charge is 0.363 e. The lowest BCUT2D eigenvalue weighted by molar-refractivity contribution is -0.120. The van der Waals surface area contributed by atoms with Crippen molar-refractivity contribution in [1.29, 1.82) is 0 Å². The highest BCUT2D eigenvalue weighted by Crippen LogP contribution is 2.37. The summed E-state index contributed by atoms with van der Waals surface area (Å²) in [6.07, 6.45) is 5.93. The minimum absolute atomic E-state index is 0.196. The van der Waals surface area contributed by atoms with E-state index in [4.69, 9.17) is 11.6 Å². The van der Waals surface area contributed by atoms with E-state index in [9.17, 15) is 4.79 Å². The fourth-order valence-corrected chi connectivity index (χ4v) is 4.28. The van der Waals surface area contributed by atoms with Gasteiger partial charge in [0, 0.05) is 54.6 Å². The summed E-state index contributed by atoms with van der Waals surface area (Å²) in [6, 6.07) is 10.2. The number of benzene rings is 1. The summed E-state index contributed by atoms with van der Waals surface area (Å²) in [5.74, 6) is 2.06. The molecule has 2 aliphatic rings. The maximum Gasteiger partial charge on any atom is 0.230 e. The average molecular weight is 428 g/mol. The van der Waals surface area contributed by atoms with E-state index in [-0.39, 0.29) is 17.9 Å². The number of amides is 1. The van der Waals surface area contributed by atoms with Gasteiger partial charge in [-0.15, -0.1) is 0 Å². The van der Waals surface area contributed by atoms with Gasteiger partial charge in [-0.2, -0.15) is 4.98 Å². The lowest BCUT2D eigenvalue weighted by Crippen LogP contribution is -2.45. The fraction of sp³-hybridized carbons (Fsp3) is 0.522. The van der Waals surface area contributed by atoms with Gasteiger partial charge in [-0.3, -0.25) is 4.79 Å². The summed E-state index contributed by atoms with van der Waals surface area (Å²) < 4.78 is 0. The minimum atomic E-state index is 0.196. The van der Waals surface area contributed by atoms with Gasteiger partial charge in [0.05, 0.1) is 0 Å². The Kier molecular flexibility index (Phi) is 6.14. The van der Waals surface area contributed by atoms with Crippen molar-refractivity contribution < 1.29 is 4.79 Å². The Morgan fingerprint density at radius 3 is 2.30 bits per heavy atom. The molecule has 2 aromatic rings. The van der Waals surface area contributed by atoms with Crippen molar-refractivity contribution in [2.45, 2.75) is 57.5 Å². The molecule has 1 aromatic heterocycles. The third-order valence-electron chi connectivity index (χ3n) is 5.96. The molecular weight excluding hydrogens is 398 g/mol. The minimum Gasteiger partial charge on any atom is -0.363 e. The first kappa shape index (κ1) is 20.9. The summed E-state index contributed by atoms with van der Waals surface area (Å²) in [5, 5.41) is 4.21. The van der Waals surface area contributed by atoms with Crippen LogP contribution in [0.2, 0.25) is 5.02 Å². The molecule has 7 heteroatoms. The number of nitrogens with zero attached hydrogens (tertiary/aromatic N) is 4. The molecule has 4 rings (SSSR count). The van der Waals surface area contributed by atoms with Crippen LogP contribution in [0.25, 0.3) is 0 Å². The number of carbonyl (C=O) groups is 1. The quantitative estimate of drug-likeness (QED) is 0.725. The molecule has 6 nitrogen and oxygen atoms in total. The van der Waals surface area contributed by atoms with Crippen LogP contribution in [0.4, 0.5) is 17.5 Å². The van der Waals surface area contributed by atoms with E-state index in [2.05, 4.69) is 15.3 Å². The van der Waals surface area contributed by atoms with E-state index >= 15 is 0 Å². The van der Waals surface area contributed by atoms with Crippen molar-refractivity contribution in [3.63, 3.8) is 0 Å². The lowest BCUT2D eigenvalue weighted by Gasteiger charge is -2.37. The van der Waals surface area contributed by atoms with Crippen LogP contribution < -0.4 is 15.1 Å². The van der Waals surface area contributed by atoms with Gasteiger partial charge in [-0.25, -0.2) is 4.98 Å². The number of aryl methyl sites for hydroxylation is 1. The topological polar surface area (TPSA) is 61.4 Å². The molecule has 2 fully saturated rings. The Morgan fingerprint density at radius 2 is 1.70 bits per heavy atom. The molecule has 0 saturated heterocycles. The Balaban J connectivity index is 1.43. The molecule has 1 amide bonds. The zero-order valence-corrected chi connectivity index (χ0v) is 18.7. The maximum absolute atomic E-state index is 13.1. The van der Waals surface area contributed by atoms with E-state index in [0.717, 1.165) is 55.7 Å². The average Bonchev–Trinajstić information content (AvgIpc) is 3.56. The third-order valence-corrected chi connectivity index (χ3v) is 6.21. The molecule has 30 heavy (non-hydrogen) atoms. The smallest absolute Gasteiger partial charge is 0.230 e. The molecule has 1 heterocycles. The van der Waals surface area contributed by atoms with Crippen LogP contribution in [-0.4, -0.2) is 42.1 Å². The first-order valence-electron chi connectivity index (χ1n) is 10.8. The van der Waals surface area contributed by atoms with Gasteiger partial charge >= 0.3 is 0 Å². The summed E-state index contributed by atoms with van der Waals surface area (Å²) >= 11 is 6.07. The highest BCUT2D eigenvalue weighted by Gasteiger charge is 2.38. The number of hydrogen-bond acceptors (Lipinski definition) is 5. The molecular formula is C23H30ClN5O. The van der Waals surface area contributed by atoms with Gasteiger partial charge in [0.25, 0.3) is 0 Å². The molecule has 2 aliphatic carbocycles. The van der Waals surface area contributed by atoms with Crippen molar-refractivity contribution >= 4 is 35.0 Å². The molecule has 0 aliphatic heterocycles. The first-order chi connectivity index (χ1) is 14.4. The number of rotatable bonds is 6. The second-order valence-electron chi connectivity index (χ2n) is 8.69. The highest BCUT2D eigenvalue weighted by atomic mass is 35.5. The molecule has 160 valence electrons. The number of aromatic nitrogens is 2. The van der Waals surface area contributed by atoms with Crippen molar-refractivity contribution in [2.75, 3.05) is 29.2 Å². The van der Waals surface area contributed by atoms with Crippen LogP contribution >= 0.6 is 11.6 Å². The van der Waals surface area contributed by atoms with Crippen LogP contribution in [0, 0.1) is 12.8 Å². The summed E-state index contributed by atoms with van der Waals surface area (Å²) in [6.45, 7) is 1.99. The molecule has 1 N–H and O–H groups in total. The number of nitrogens with one attached hydrogen (secondary N) is 1. The van der Waals surface area contributed by atoms with Gasteiger partial charge in [0.1, 0.15) is 5.82 Å². The first-order valence-corrected chi connectivity index (χ1v) is 11.2. The van der Waals surface area contributed by atoms with Crippen LogP contribution in [0.1, 0.15) is 44.2 Å². The predicted molar refractivity (Wildman–Crippen MR) is 122 cm³/mol. The maximum atomic E-state index is 13.1. The van der Waals surface area contributed by atoms with E-state index in [1.54, 1.807) is 0 Å². The summed E-state index contributed by atoms with van der Waals surface area (Å²) in [7, 11) is 3.97. The van der Waals surface area contributed by atoms with E-state index in [1.165, 1.54) is 0 Å². The molecule has 0 bridgehead atoms. The molecule has 0 atom stereocenters. The highest BCUT2D eigenvalue weighted by molar-refractivity contribution is 6.30. The van der Waals surface area contributed by atoms with Crippen molar-refractivity contribution in [3.05, 3.63) is 41.0 Å². The van der Waals surface area contributed by atoms with Crippen molar-refractivity contribution in [2.24, 2.45) is 5.92 Å². The lowest BCUT2D eigenvalue weighted by atomic mass is 9.89. The Hall–Kier alpha value is -2.34. The van der Waals surface area contributed by atoms with Crippen LogP contribution in [0.15, 0.2) is 30.3 Å². The molecule has 0 spiro atoms. The number of anilines is 3. The molecule has 0 unspecified atom stereocenters. The summed E-state index contributed by atoms with van der Waals surface area (Å²) in [5.41, 5.74) is 1.92. The second-order valence-corrected chi connectivity index (χ2v) is 9.13. The standard InChI is InChI=1S/C23H30ClN5O/c1-15-14-21(28(2)3)27-23(25-15)26-18-8-12-20(13-9-18)29(22(30)16-4-5-16)19-10-6-17(24)7-11-19/h6-7,10-11,14,16,18,20H,4-5,8-9,12-13H2,1-3H3,(H,25,26,27)/t18-,20+. The van der Waals surface area contributed by atoms with E-state index in [0.29, 0.717) is 17.0 Å². The molecule has 2 saturated carbocycles. The number of halogens is 1. The number of carbonyl (C=O) groups excluding carboxylic acids is 1. The Labute approximate surface area is 183 Å². The van der Waals surface area contributed by atoms with E-state index in [1.807, 2.05) is 61.2 Å². The fourth-order valence-electron chi connectivity index (χ4n) is 4.15. The van der Waals surface area contributed by atoms with Crippen molar-refractivity contribution in [1.82, 2.24) is 9.97 Å². The van der Waals surface area contributed by atoms with Gasteiger partial charge in [-0.05, 0) is 69.7 Å². The van der Waals surface area contributed by atoms with Crippen molar-refractivity contribution in [3.8, 4) is 0 Å². The molecule has 0 radical (unpaired) electrons. The Morgan fingerprint density at radius 1 is 1.03 bits per heavy atom. The zero-order valence-electron chi connectivity index (χ0n) is 17.9. The van der Waals surface area contributed by atoms with Gasteiger partial charge in [0.15, 0.2) is 0 Å². The number of hydrogen-bond donors (Lipinski definition) is 1.